The molecule has 1 aromatic heterocycles. The van der Waals surface area contributed by atoms with Gasteiger partial charge in [0.2, 0.25) is 5.91 Å². The number of hydrogen-bond acceptors (Lipinski definition) is 3. The Kier molecular flexibility index (Phi) is 3.83. The highest BCUT2D eigenvalue weighted by Gasteiger charge is 2.34. The molecule has 0 saturated heterocycles. The van der Waals surface area contributed by atoms with Crippen LogP contribution in [0, 0.1) is 0 Å². The molecule has 1 aliphatic heterocycles. The molecule has 1 amide bonds. The van der Waals surface area contributed by atoms with E-state index in [-0.39, 0.29) is 29.8 Å². The minimum Gasteiger partial charge on any atom is -0.496 e. The van der Waals surface area contributed by atoms with Crippen molar-refractivity contribution < 1.29 is 9.53 Å². The molecule has 0 radical (unpaired) electrons. The number of aromatic nitrogens is 2. The molecule has 0 fully saturated rings. The lowest BCUT2D eigenvalue weighted by Gasteiger charge is -2.25. The first-order valence-corrected chi connectivity index (χ1v) is 8.71. The Morgan fingerprint density at radius 2 is 1.85 bits per heavy atom. The minimum absolute atomic E-state index is 0.0399. The van der Waals surface area contributed by atoms with E-state index in [0.29, 0.717) is 11.4 Å². The Morgan fingerprint density at radius 1 is 1.12 bits per heavy atom. The Labute approximate surface area is 150 Å². The molecule has 4 rings (SSSR count). The van der Waals surface area contributed by atoms with E-state index in [9.17, 15) is 9.59 Å². The van der Waals surface area contributed by atoms with Crippen molar-refractivity contribution in [1.82, 2.24) is 9.78 Å². The topological polar surface area (TPSA) is 76.1 Å². The molecular formula is C20H21N3O3. The molecule has 6 heteroatoms. The molecule has 0 aliphatic carbocycles. The monoisotopic (exact) mass is 351 g/mol. The number of H-pyrrole nitrogens is 1. The molecule has 2 heterocycles. The van der Waals surface area contributed by atoms with Gasteiger partial charge >= 0.3 is 0 Å². The van der Waals surface area contributed by atoms with Crippen LogP contribution < -0.4 is 15.6 Å². The molecule has 0 saturated carbocycles. The Hall–Kier alpha value is -3.02. The van der Waals surface area contributed by atoms with Gasteiger partial charge in [0.15, 0.2) is 0 Å². The maximum absolute atomic E-state index is 12.7. The normalized spacial score (nSPS) is 16.6. The van der Waals surface area contributed by atoms with Crippen molar-refractivity contribution in [3.8, 4) is 5.75 Å². The third-order valence-electron chi connectivity index (χ3n) is 4.99. The van der Waals surface area contributed by atoms with Crippen molar-refractivity contribution in [3.05, 3.63) is 57.9 Å². The fourth-order valence-corrected chi connectivity index (χ4v) is 3.81. The van der Waals surface area contributed by atoms with E-state index in [0.717, 1.165) is 22.1 Å². The van der Waals surface area contributed by atoms with Crippen molar-refractivity contribution >= 4 is 22.5 Å². The summed E-state index contributed by atoms with van der Waals surface area (Å²) >= 11 is 0. The summed E-state index contributed by atoms with van der Waals surface area (Å²) < 4.78 is 7.20. The Balaban J connectivity index is 1.98. The van der Waals surface area contributed by atoms with Crippen LogP contribution in [0.15, 0.2) is 41.2 Å². The number of hydrogen-bond donors (Lipinski definition) is 2. The summed E-state index contributed by atoms with van der Waals surface area (Å²) in [6.07, 6.45) is 0.245. The number of nitrogens with one attached hydrogen (secondary N) is 2. The van der Waals surface area contributed by atoms with Crippen molar-refractivity contribution in [2.75, 3.05) is 12.4 Å². The number of methoxy groups -OCH3 is 1. The van der Waals surface area contributed by atoms with Crippen LogP contribution in [0.3, 0.4) is 0 Å². The smallest absolute Gasteiger partial charge is 0.270 e. The van der Waals surface area contributed by atoms with E-state index in [4.69, 9.17) is 4.74 Å². The van der Waals surface area contributed by atoms with Crippen LogP contribution in [0.2, 0.25) is 0 Å². The molecule has 2 aromatic carbocycles. The summed E-state index contributed by atoms with van der Waals surface area (Å²) in [7, 11) is 1.64. The Morgan fingerprint density at radius 3 is 2.54 bits per heavy atom. The van der Waals surface area contributed by atoms with Crippen LogP contribution in [0.1, 0.15) is 43.4 Å². The van der Waals surface area contributed by atoms with Gasteiger partial charge in [0.1, 0.15) is 11.6 Å². The lowest BCUT2D eigenvalue weighted by molar-refractivity contribution is -0.116. The summed E-state index contributed by atoms with van der Waals surface area (Å²) in [6.45, 7) is 3.93. The van der Waals surface area contributed by atoms with Crippen molar-refractivity contribution in [2.24, 2.45) is 0 Å². The predicted molar refractivity (Wildman–Crippen MR) is 101 cm³/mol. The molecule has 3 aromatic rings. The zero-order chi connectivity index (χ0) is 18.4. The van der Waals surface area contributed by atoms with Gasteiger partial charge in [-0.25, -0.2) is 0 Å². The summed E-state index contributed by atoms with van der Waals surface area (Å²) in [6, 6.07) is 11.8. The molecule has 2 N–H and O–H groups in total. The fourth-order valence-electron chi connectivity index (χ4n) is 3.81. The average Bonchev–Trinajstić information content (AvgIpc) is 2.97. The lowest BCUT2D eigenvalue weighted by Crippen LogP contribution is -2.27. The standard InChI is InChI=1S/C20H21N3O3/c1-11(2)23-19-18(20(25)22-23)15(10-17(24)21-19)13-8-9-16(26-3)14-7-5-4-6-12(13)14/h4-9,11,15H,10H2,1-3H3,(H,21,24)(H,22,25)/t15-/m0/s1. The second-order valence-corrected chi connectivity index (χ2v) is 6.87. The third-order valence-corrected chi connectivity index (χ3v) is 4.99. The van der Waals surface area contributed by atoms with Crippen molar-refractivity contribution in [1.29, 1.82) is 0 Å². The first-order chi connectivity index (χ1) is 12.5. The lowest BCUT2D eigenvalue weighted by atomic mass is 9.84. The van der Waals surface area contributed by atoms with Crippen molar-refractivity contribution in [2.45, 2.75) is 32.2 Å². The number of fused-ring (bicyclic) bond motifs is 2. The van der Waals surface area contributed by atoms with Crippen LogP contribution in [0.25, 0.3) is 10.8 Å². The maximum atomic E-state index is 12.7. The number of carbonyl (C=O) groups is 1. The summed E-state index contributed by atoms with van der Waals surface area (Å²) in [4.78, 5) is 25.1. The second kappa shape index (κ2) is 6.05. The first kappa shape index (κ1) is 16.4. The molecule has 0 spiro atoms. The molecule has 0 bridgehead atoms. The number of aromatic amines is 1. The van der Waals surface area contributed by atoms with E-state index in [2.05, 4.69) is 10.4 Å². The Bertz CT molecular complexity index is 1060. The van der Waals surface area contributed by atoms with E-state index in [1.165, 1.54) is 0 Å². The van der Waals surface area contributed by atoms with E-state index in [1.54, 1.807) is 11.8 Å². The first-order valence-electron chi connectivity index (χ1n) is 8.71. The van der Waals surface area contributed by atoms with Gasteiger partial charge in [0.05, 0.1) is 12.7 Å². The molecule has 134 valence electrons. The summed E-state index contributed by atoms with van der Waals surface area (Å²) in [5, 5.41) is 7.70. The SMILES string of the molecule is COc1ccc([C@@H]2CC(=O)Nc3c2c(=O)[nH]n3C(C)C)c2ccccc12. The number of nitrogens with zero attached hydrogens (tertiary/aromatic N) is 1. The van der Waals surface area contributed by atoms with Crippen molar-refractivity contribution in [3.63, 3.8) is 0 Å². The highest BCUT2D eigenvalue weighted by Crippen LogP contribution is 2.40. The van der Waals surface area contributed by atoms with Gasteiger partial charge in [-0.1, -0.05) is 30.3 Å². The van der Waals surface area contributed by atoms with Gasteiger partial charge in [-0.05, 0) is 30.9 Å². The van der Waals surface area contributed by atoms with Gasteiger partial charge < -0.3 is 10.1 Å². The number of benzene rings is 2. The maximum Gasteiger partial charge on any atom is 0.270 e. The summed E-state index contributed by atoms with van der Waals surface area (Å²) in [5.74, 6) is 0.971. The zero-order valence-corrected chi connectivity index (χ0v) is 15.0. The van der Waals surface area contributed by atoms with E-state index < -0.39 is 0 Å². The van der Waals surface area contributed by atoms with Gasteiger partial charge in [0.25, 0.3) is 5.56 Å². The minimum atomic E-state index is -0.293. The molecular weight excluding hydrogens is 330 g/mol. The largest absolute Gasteiger partial charge is 0.496 e. The van der Waals surface area contributed by atoms with Gasteiger partial charge in [-0.2, -0.15) is 0 Å². The highest BCUT2D eigenvalue weighted by molar-refractivity contribution is 5.97. The second-order valence-electron chi connectivity index (χ2n) is 6.87. The van der Waals surface area contributed by atoms with Crippen LogP contribution in [0.5, 0.6) is 5.75 Å². The van der Waals surface area contributed by atoms with Crippen LogP contribution in [-0.2, 0) is 4.79 Å². The predicted octanol–water partition coefficient (Wildman–Crippen LogP) is 3.39. The van der Waals surface area contributed by atoms with Crippen LogP contribution in [-0.4, -0.2) is 22.8 Å². The molecule has 1 aliphatic rings. The van der Waals surface area contributed by atoms with E-state index in [1.807, 2.05) is 50.2 Å². The number of carbonyl (C=O) groups excluding carboxylic acids is 1. The van der Waals surface area contributed by atoms with Crippen LogP contribution in [0.4, 0.5) is 5.82 Å². The number of anilines is 1. The summed E-state index contributed by atoms with van der Waals surface area (Å²) in [5.41, 5.74) is 1.43. The number of rotatable bonds is 3. The molecule has 1 atom stereocenters. The zero-order valence-electron chi connectivity index (χ0n) is 15.0. The fraction of sp³-hybridized carbons (Fsp3) is 0.300. The van der Waals surface area contributed by atoms with Gasteiger partial charge in [0, 0.05) is 23.8 Å². The van der Waals surface area contributed by atoms with Crippen LogP contribution >= 0.6 is 0 Å². The molecule has 6 nitrogen and oxygen atoms in total. The molecule has 0 unspecified atom stereocenters. The van der Waals surface area contributed by atoms with E-state index >= 15 is 0 Å². The van der Waals surface area contributed by atoms with Gasteiger partial charge in [-0.15, -0.1) is 0 Å². The highest BCUT2D eigenvalue weighted by atomic mass is 16.5. The average molecular weight is 351 g/mol. The quantitative estimate of drug-likeness (QED) is 0.759. The van der Waals surface area contributed by atoms with Gasteiger partial charge in [-0.3, -0.25) is 19.4 Å². The third kappa shape index (κ3) is 2.41. The number of amides is 1. The number of ether oxygens (including phenoxy) is 1. The molecule has 26 heavy (non-hydrogen) atoms.